The highest BCUT2D eigenvalue weighted by molar-refractivity contribution is 5.74. The van der Waals surface area contributed by atoms with Crippen molar-refractivity contribution in [1.29, 1.82) is 0 Å². The average Bonchev–Trinajstić information content (AvgIpc) is 3.06. The van der Waals surface area contributed by atoms with Gasteiger partial charge in [-0.25, -0.2) is 4.79 Å². The summed E-state index contributed by atoms with van der Waals surface area (Å²) in [7, 11) is 1.66. The molecule has 1 heterocycles. The Morgan fingerprint density at radius 3 is 2.75 bits per heavy atom. The summed E-state index contributed by atoms with van der Waals surface area (Å²) in [6, 6.07) is 7.87. The van der Waals surface area contributed by atoms with Crippen molar-refractivity contribution in [3.63, 3.8) is 0 Å². The monoisotopic (exact) mass is 331 g/mol. The molecule has 24 heavy (non-hydrogen) atoms. The van der Waals surface area contributed by atoms with Crippen LogP contribution in [0, 0.1) is 0 Å². The summed E-state index contributed by atoms with van der Waals surface area (Å²) >= 11 is 0. The Bertz CT molecular complexity index is 639. The zero-order valence-corrected chi connectivity index (χ0v) is 14.5. The second kappa shape index (κ2) is 8.90. The van der Waals surface area contributed by atoms with Crippen molar-refractivity contribution in [2.24, 2.45) is 0 Å². The van der Waals surface area contributed by atoms with Crippen LogP contribution in [0.15, 0.2) is 30.6 Å². The van der Waals surface area contributed by atoms with Crippen LogP contribution in [0.3, 0.4) is 0 Å². The molecular weight excluding hydrogens is 306 g/mol. The Morgan fingerprint density at radius 2 is 2.08 bits per heavy atom. The molecule has 2 aromatic rings. The molecule has 2 amide bonds. The molecule has 0 radical (unpaired) electrons. The number of aryl methyl sites for hydroxylation is 2. The minimum atomic E-state index is -0.192. The maximum atomic E-state index is 11.9. The molecule has 2 rings (SSSR count). The summed E-state index contributed by atoms with van der Waals surface area (Å²) in [6.07, 6.45) is 3.42. The number of hydrogen-bond donors (Lipinski definition) is 2. The normalized spacial score (nSPS) is 11.8. The number of methoxy groups -OCH3 is 1. The summed E-state index contributed by atoms with van der Waals surface area (Å²) in [5.74, 6) is 1.60. The van der Waals surface area contributed by atoms with Crippen LogP contribution in [0.1, 0.15) is 31.7 Å². The van der Waals surface area contributed by atoms with E-state index in [9.17, 15) is 4.79 Å². The Hall–Kier alpha value is -2.57. The first-order valence-electron chi connectivity index (χ1n) is 8.16. The van der Waals surface area contributed by atoms with Crippen molar-refractivity contribution in [2.75, 3.05) is 7.11 Å². The van der Waals surface area contributed by atoms with Crippen LogP contribution in [0.2, 0.25) is 0 Å². The lowest BCUT2D eigenvalue weighted by molar-refractivity contribution is 0.236. The molecule has 7 nitrogen and oxygen atoms in total. The van der Waals surface area contributed by atoms with Gasteiger partial charge in [-0.2, -0.15) is 0 Å². The van der Waals surface area contributed by atoms with Gasteiger partial charge in [0.15, 0.2) is 5.82 Å². The highest BCUT2D eigenvalue weighted by Crippen LogP contribution is 2.13. The van der Waals surface area contributed by atoms with E-state index in [1.54, 1.807) is 13.4 Å². The molecule has 0 saturated heterocycles. The molecule has 0 fully saturated rings. The molecule has 1 atom stereocenters. The number of aromatic nitrogens is 3. The molecular formula is C17H25N5O2. The molecule has 0 spiro atoms. The van der Waals surface area contributed by atoms with Gasteiger partial charge in [-0.3, -0.25) is 0 Å². The summed E-state index contributed by atoms with van der Waals surface area (Å²) in [5.41, 5.74) is 1.22. The zero-order valence-electron chi connectivity index (χ0n) is 14.5. The smallest absolute Gasteiger partial charge is 0.315 e. The number of amides is 2. The van der Waals surface area contributed by atoms with Gasteiger partial charge in [0.2, 0.25) is 0 Å². The third-order valence-corrected chi connectivity index (χ3v) is 3.85. The van der Waals surface area contributed by atoms with Gasteiger partial charge >= 0.3 is 6.03 Å². The van der Waals surface area contributed by atoms with Crippen LogP contribution in [-0.2, 0) is 19.5 Å². The summed E-state index contributed by atoms with van der Waals surface area (Å²) in [5, 5.41) is 13.6. The van der Waals surface area contributed by atoms with Crippen molar-refractivity contribution in [3.8, 4) is 5.75 Å². The molecule has 130 valence electrons. The third kappa shape index (κ3) is 5.26. The molecule has 1 unspecified atom stereocenters. The second-order valence-corrected chi connectivity index (χ2v) is 5.65. The first-order valence-corrected chi connectivity index (χ1v) is 8.16. The maximum Gasteiger partial charge on any atom is 0.315 e. The first-order chi connectivity index (χ1) is 11.6. The van der Waals surface area contributed by atoms with Crippen molar-refractivity contribution in [3.05, 3.63) is 42.0 Å². The van der Waals surface area contributed by atoms with Crippen LogP contribution in [0.4, 0.5) is 4.79 Å². The number of hydrogen-bond acceptors (Lipinski definition) is 4. The number of benzene rings is 1. The Kier molecular flexibility index (Phi) is 6.60. The van der Waals surface area contributed by atoms with E-state index in [2.05, 4.69) is 20.8 Å². The Morgan fingerprint density at radius 1 is 1.33 bits per heavy atom. The number of rotatable bonds is 8. The number of urea groups is 1. The van der Waals surface area contributed by atoms with E-state index in [1.807, 2.05) is 42.7 Å². The fraction of sp³-hybridized carbons (Fsp3) is 0.471. The third-order valence-electron chi connectivity index (χ3n) is 3.85. The van der Waals surface area contributed by atoms with Gasteiger partial charge in [-0.05, 0) is 44.4 Å². The molecule has 0 saturated carbocycles. The fourth-order valence-electron chi connectivity index (χ4n) is 2.36. The summed E-state index contributed by atoms with van der Waals surface area (Å²) in [4.78, 5) is 11.9. The van der Waals surface area contributed by atoms with E-state index in [4.69, 9.17) is 4.74 Å². The first kappa shape index (κ1) is 17.8. The van der Waals surface area contributed by atoms with E-state index in [0.29, 0.717) is 6.54 Å². The van der Waals surface area contributed by atoms with Gasteiger partial charge in [0.1, 0.15) is 12.1 Å². The van der Waals surface area contributed by atoms with Crippen molar-refractivity contribution in [1.82, 2.24) is 25.4 Å². The van der Waals surface area contributed by atoms with Crippen LogP contribution in [-0.4, -0.2) is 33.9 Å². The zero-order chi connectivity index (χ0) is 17.4. The lowest BCUT2D eigenvalue weighted by atomic mass is 10.1. The predicted molar refractivity (Wildman–Crippen MR) is 91.8 cm³/mol. The number of nitrogens with one attached hydrogen (secondary N) is 2. The van der Waals surface area contributed by atoms with Crippen molar-refractivity contribution < 1.29 is 9.53 Å². The molecule has 0 aliphatic carbocycles. The molecule has 0 aliphatic heterocycles. The topological polar surface area (TPSA) is 81.1 Å². The summed E-state index contributed by atoms with van der Waals surface area (Å²) in [6.45, 7) is 5.15. The van der Waals surface area contributed by atoms with Crippen molar-refractivity contribution in [2.45, 2.75) is 45.8 Å². The highest BCUT2D eigenvalue weighted by Gasteiger charge is 2.09. The number of nitrogens with zero attached hydrogens (tertiary/aromatic N) is 3. The molecule has 7 heteroatoms. The number of carbonyl (C=O) groups is 1. The highest BCUT2D eigenvalue weighted by atomic mass is 16.5. The number of carbonyl (C=O) groups excluding carboxylic acids is 1. The standard InChI is InChI=1S/C17H25N5O2/c1-4-22-12-19-21-16(22)11-18-17(23)20-13(2)5-6-14-7-9-15(24-3)10-8-14/h7-10,12-13H,4-6,11H2,1-3H3,(H2,18,20,23). The van der Waals surface area contributed by atoms with E-state index in [-0.39, 0.29) is 12.1 Å². The Labute approximate surface area is 142 Å². The van der Waals surface area contributed by atoms with E-state index < -0.39 is 0 Å². The van der Waals surface area contributed by atoms with Gasteiger partial charge in [0.25, 0.3) is 0 Å². The van der Waals surface area contributed by atoms with Crippen LogP contribution < -0.4 is 15.4 Å². The molecule has 2 N–H and O–H groups in total. The summed E-state index contributed by atoms with van der Waals surface area (Å²) < 4.78 is 7.04. The van der Waals surface area contributed by atoms with Gasteiger partial charge in [-0.15, -0.1) is 10.2 Å². The largest absolute Gasteiger partial charge is 0.497 e. The second-order valence-electron chi connectivity index (χ2n) is 5.65. The quantitative estimate of drug-likeness (QED) is 0.776. The van der Waals surface area contributed by atoms with E-state index in [1.165, 1.54) is 5.56 Å². The maximum absolute atomic E-state index is 11.9. The Balaban J connectivity index is 1.71. The number of ether oxygens (including phenoxy) is 1. The van der Waals surface area contributed by atoms with Crippen LogP contribution in [0.5, 0.6) is 5.75 Å². The van der Waals surface area contributed by atoms with Crippen molar-refractivity contribution >= 4 is 6.03 Å². The predicted octanol–water partition coefficient (Wildman–Crippen LogP) is 2.13. The fourth-order valence-corrected chi connectivity index (χ4v) is 2.36. The van der Waals surface area contributed by atoms with Gasteiger partial charge < -0.3 is 19.9 Å². The van der Waals surface area contributed by atoms with Gasteiger partial charge in [0.05, 0.1) is 13.7 Å². The average molecular weight is 331 g/mol. The van der Waals surface area contributed by atoms with E-state index in [0.717, 1.165) is 31.0 Å². The molecule has 1 aromatic heterocycles. The lowest BCUT2D eigenvalue weighted by Crippen LogP contribution is -2.41. The lowest BCUT2D eigenvalue weighted by Gasteiger charge is -2.15. The minimum absolute atomic E-state index is 0.0798. The van der Waals surface area contributed by atoms with Crippen LogP contribution in [0.25, 0.3) is 0 Å². The molecule has 1 aromatic carbocycles. The van der Waals surface area contributed by atoms with Crippen LogP contribution >= 0.6 is 0 Å². The minimum Gasteiger partial charge on any atom is -0.497 e. The molecule has 0 bridgehead atoms. The van der Waals surface area contributed by atoms with E-state index >= 15 is 0 Å². The van der Waals surface area contributed by atoms with Gasteiger partial charge in [0, 0.05) is 12.6 Å². The SMILES string of the molecule is CCn1cnnc1CNC(=O)NC(C)CCc1ccc(OC)cc1. The molecule has 0 aliphatic rings. The van der Waals surface area contributed by atoms with Gasteiger partial charge in [-0.1, -0.05) is 12.1 Å².